The number of esters is 1. The fourth-order valence-electron chi connectivity index (χ4n) is 2.85. The molecule has 0 spiro atoms. The number of nitrogens with zero attached hydrogens (tertiary/aromatic N) is 2. The van der Waals surface area contributed by atoms with Crippen molar-refractivity contribution in [1.82, 2.24) is 19.9 Å². The van der Waals surface area contributed by atoms with Crippen LogP contribution in [0.15, 0.2) is 53.8 Å². The van der Waals surface area contributed by atoms with Crippen LogP contribution in [0.2, 0.25) is 0 Å². The summed E-state index contributed by atoms with van der Waals surface area (Å²) in [6.45, 7) is 1.90. The van der Waals surface area contributed by atoms with E-state index in [9.17, 15) is 14.4 Å². The molecule has 8 heteroatoms. The zero-order valence-electron chi connectivity index (χ0n) is 14.8. The molecule has 8 nitrogen and oxygen atoms in total. The van der Waals surface area contributed by atoms with E-state index in [-0.39, 0.29) is 30.9 Å². The van der Waals surface area contributed by atoms with Crippen molar-refractivity contribution in [2.45, 2.75) is 25.9 Å². The zero-order chi connectivity index (χ0) is 19.2. The van der Waals surface area contributed by atoms with Crippen molar-refractivity contribution in [2.24, 2.45) is 0 Å². The highest BCUT2D eigenvalue weighted by Gasteiger charge is 2.23. The molecule has 1 aromatic carbocycles. The maximum Gasteiger partial charge on any atom is 0.329 e. The largest absolute Gasteiger partial charge is 0.464 e. The molecule has 1 atom stereocenters. The number of pyridine rings is 1. The molecule has 3 aromatic rings. The van der Waals surface area contributed by atoms with Crippen LogP contribution in [-0.4, -0.2) is 39.1 Å². The van der Waals surface area contributed by atoms with Gasteiger partial charge in [0.25, 0.3) is 0 Å². The van der Waals surface area contributed by atoms with Crippen LogP contribution in [0, 0.1) is 0 Å². The summed E-state index contributed by atoms with van der Waals surface area (Å²) in [6.07, 6.45) is 4.91. The third-order valence-electron chi connectivity index (χ3n) is 4.08. The Kier molecular flexibility index (Phi) is 5.65. The van der Waals surface area contributed by atoms with Crippen molar-refractivity contribution >= 4 is 22.8 Å². The second-order valence-electron chi connectivity index (χ2n) is 5.98. The van der Waals surface area contributed by atoms with E-state index in [1.807, 2.05) is 0 Å². The third-order valence-corrected chi connectivity index (χ3v) is 4.08. The molecule has 0 aliphatic carbocycles. The number of carbonyl (C=O) groups is 2. The van der Waals surface area contributed by atoms with Gasteiger partial charge in [0.1, 0.15) is 12.6 Å². The molecule has 27 heavy (non-hydrogen) atoms. The summed E-state index contributed by atoms with van der Waals surface area (Å²) in [4.78, 5) is 43.5. The monoisotopic (exact) mass is 368 g/mol. The fraction of sp³-hybridized carbons (Fsp3) is 0.263. The molecule has 0 aliphatic rings. The molecular formula is C19H20N4O4. The first-order valence-corrected chi connectivity index (χ1v) is 8.60. The van der Waals surface area contributed by atoms with Crippen LogP contribution in [0.3, 0.4) is 0 Å². The summed E-state index contributed by atoms with van der Waals surface area (Å²) in [5.74, 6) is -0.869. The zero-order valence-corrected chi connectivity index (χ0v) is 14.8. The number of aromatic amines is 1. The first kappa shape index (κ1) is 18.4. The molecule has 0 saturated heterocycles. The predicted octanol–water partition coefficient (Wildman–Crippen LogP) is 1.02. The van der Waals surface area contributed by atoms with Crippen LogP contribution >= 0.6 is 0 Å². The Morgan fingerprint density at radius 3 is 2.85 bits per heavy atom. The molecule has 2 N–H and O–H groups in total. The Morgan fingerprint density at radius 1 is 1.30 bits per heavy atom. The highest BCUT2D eigenvalue weighted by Crippen LogP contribution is 2.09. The smallest absolute Gasteiger partial charge is 0.329 e. The standard InChI is InChI=1S/C19H20N4O4/c1-2-27-19(26)15(9-13-10-20-12-21-13)22-18(25)11-23-8-7-17(24)14-5-3-4-6-16(14)23/h3-8,10,12,15H,2,9,11H2,1H3,(H,20,21)(H,22,25)/t15-/m0/s1. The lowest BCUT2D eigenvalue weighted by Crippen LogP contribution is -2.44. The third kappa shape index (κ3) is 4.41. The van der Waals surface area contributed by atoms with Crippen molar-refractivity contribution in [2.75, 3.05) is 6.61 Å². The van der Waals surface area contributed by atoms with Gasteiger partial charge in [0.05, 0.1) is 18.5 Å². The van der Waals surface area contributed by atoms with Gasteiger partial charge < -0.3 is 19.6 Å². The average Bonchev–Trinajstić information content (AvgIpc) is 3.17. The van der Waals surface area contributed by atoms with Gasteiger partial charge in [-0.05, 0) is 19.1 Å². The van der Waals surface area contributed by atoms with Crippen LogP contribution < -0.4 is 10.7 Å². The van der Waals surface area contributed by atoms with Crippen LogP contribution in [-0.2, 0) is 27.3 Å². The van der Waals surface area contributed by atoms with Crippen LogP contribution in [0.5, 0.6) is 0 Å². The normalized spacial score (nSPS) is 11.9. The number of fused-ring (bicyclic) bond motifs is 1. The lowest BCUT2D eigenvalue weighted by Gasteiger charge is -2.18. The van der Waals surface area contributed by atoms with Crippen molar-refractivity contribution in [1.29, 1.82) is 0 Å². The number of H-pyrrole nitrogens is 1. The van der Waals surface area contributed by atoms with Gasteiger partial charge >= 0.3 is 5.97 Å². The number of ether oxygens (including phenoxy) is 1. The van der Waals surface area contributed by atoms with Crippen molar-refractivity contribution in [3.05, 3.63) is 65.0 Å². The summed E-state index contributed by atoms with van der Waals surface area (Å²) in [6, 6.07) is 7.65. The fourth-order valence-corrected chi connectivity index (χ4v) is 2.85. The van der Waals surface area contributed by atoms with Gasteiger partial charge in [-0.3, -0.25) is 9.59 Å². The molecule has 0 radical (unpaired) electrons. The molecule has 0 unspecified atom stereocenters. The van der Waals surface area contributed by atoms with E-state index in [2.05, 4.69) is 15.3 Å². The highest BCUT2D eigenvalue weighted by molar-refractivity contribution is 5.86. The summed E-state index contributed by atoms with van der Waals surface area (Å²) in [7, 11) is 0. The second-order valence-corrected chi connectivity index (χ2v) is 5.98. The number of imidazole rings is 1. The quantitative estimate of drug-likeness (QED) is 0.606. The number of amides is 1. The van der Waals surface area contributed by atoms with E-state index in [1.54, 1.807) is 48.1 Å². The summed E-state index contributed by atoms with van der Waals surface area (Å²) in [5.41, 5.74) is 1.26. The molecule has 0 bridgehead atoms. The topological polar surface area (TPSA) is 106 Å². The molecule has 2 heterocycles. The molecule has 140 valence electrons. The van der Waals surface area contributed by atoms with Crippen LogP contribution in [0.25, 0.3) is 10.9 Å². The second kappa shape index (κ2) is 8.31. The molecule has 0 fully saturated rings. The Bertz CT molecular complexity index is 994. The Morgan fingerprint density at radius 2 is 2.11 bits per heavy atom. The Hall–Kier alpha value is -3.42. The number of hydrogen-bond acceptors (Lipinski definition) is 5. The molecule has 3 rings (SSSR count). The summed E-state index contributed by atoms with van der Waals surface area (Å²) in [5, 5.41) is 3.24. The number of carbonyl (C=O) groups excluding carboxylic acids is 2. The predicted molar refractivity (Wildman–Crippen MR) is 99.1 cm³/mol. The molecule has 1 amide bonds. The van der Waals surface area contributed by atoms with Gasteiger partial charge in [0, 0.05) is 36.0 Å². The average molecular weight is 368 g/mol. The van der Waals surface area contributed by atoms with E-state index in [4.69, 9.17) is 4.74 Å². The maximum atomic E-state index is 12.5. The maximum absolute atomic E-state index is 12.5. The van der Waals surface area contributed by atoms with Crippen LogP contribution in [0.1, 0.15) is 12.6 Å². The summed E-state index contributed by atoms with van der Waals surface area (Å²) < 4.78 is 6.72. The van der Waals surface area contributed by atoms with Crippen molar-refractivity contribution in [3.63, 3.8) is 0 Å². The SMILES string of the molecule is CCOC(=O)[C@H](Cc1cnc[nH]1)NC(=O)Cn1ccc(=O)c2ccccc21. The molecule has 2 aromatic heterocycles. The van der Waals surface area contributed by atoms with Crippen LogP contribution in [0.4, 0.5) is 0 Å². The minimum atomic E-state index is -0.830. The number of para-hydroxylation sites is 1. The number of nitrogens with one attached hydrogen (secondary N) is 2. The molecule has 0 aliphatic heterocycles. The first-order chi connectivity index (χ1) is 13.1. The van der Waals surface area contributed by atoms with Gasteiger partial charge in [-0.15, -0.1) is 0 Å². The molecule has 0 saturated carbocycles. The summed E-state index contributed by atoms with van der Waals surface area (Å²) >= 11 is 0. The number of benzene rings is 1. The van der Waals surface area contributed by atoms with E-state index in [0.717, 1.165) is 0 Å². The van der Waals surface area contributed by atoms with Gasteiger partial charge in [0.15, 0.2) is 5.43 Å². The Balaban J connectivity index is 1.77. The van der Waals surface area contributed by atoms with Gasteiger partial charge in [-0.25, -0.2) is 9.78 Å². The first-order valence-electron chi connectivity index (χ1n) is 8.60. The Labute approximate surface area is 155 Å². The minimum Gasteiger partial charge on any atom is -0.464 e. The number of rotatable bonds is 7. The van der Waals surface area contributed by atoms with Crippen molar-refractivity contribution < 1.29 is 14.3 Å². The minimum absolute atomic E-state index is 0.0281. The van der Waals surface area contributed by atoms with E-state index >= 15 is 0 Å². The number of aromatic nitrogens is 3. The van der Waals surface area contributed by atoms with Crippen molar-refractivity contribution in [3.8, 4) is 0 Å². The lowest BCUT2D eigenvalue weighted by molar-refractivity contribution is -0.147. The van der Waals surface area contributed by atoms with E-state index in [1.165, 1.54) is 12.4 Å². The highest BCUT2D eigenvalue weighted by atomic mass is 16.5. The van der Waals surface area contributed by atoms with Gasteiger partial charge in [0.2, 0.25) is 5.91 Å². The number of hydrogen-bond donors (Lipinski definition) is 2. The molecular weight excluding hydrogens is 348 g/mol. The van der Waals surface area contributed by atoms with Gasteiger partial charge in [-0.1, -0.05) is 12.1 Å². The van der Waals surface area contributed by atoms with E-state index in [0.29, 0.717) is 16.6 Å². The van der Waals surface area contributed by atoms with Gasteiger partial charge in [-0.2, -0.15) is 0 Å². The lowest BCUT2D eigenvalue weighted by atomic mass is 10.1. The van der Waals surface area contributed by atoms with E-state index < -0.39 is 12.0 Å².